The molecule has 0 unspecified atom stereocenters. The lowest BCUT2D eigenvalue weighted by Gasteiger charge is -2.19. The predicted molar refractivity (Wildman–Crippen MR) is 110 cm³/mol. The topological polar surface area (TPSA) is 84.9 Å². The molecule has 0 radical (unpaired) electrons. The minimum atomic E-state index is -0.603. The highest BCUT2D eigenvalue weighted by atomic mass is 16.5. The van der Waals surface area contributed by atoms with E-state index in [1.807, 2.05) is 20.8 Å². The van der Waals surface area contributed by atoms with Crippen LogP contribution in [0.5, 0.6) is 5.75 Å². The molecule has 7 heteroatoms. The first-order valence-electron chi connectivity index (χ1n) is 9.57. The Labute approximate surface area is 170 Å². The maximum Gasteiger partial charge on any atom is 0.338 e. The Bertz CT molecular complexity index is 845. The molecule has 1 N–H and O–H groups in total. The van der Waals surface area contributed by atoms with E-state index < -0.39 is 18.5 Å². The fourth-order valence-corrected chi connectivity index (χ4v) is 2.69. The lowest BCUT2D eigenvalue weighted by molar-refractivity contribution is -0.119. The number of hydrogen-bond donors (Lipinski definition) is 1. The number of esters is 1. The van der Waals surface area contributed by atoms with Gasteiger partial charge in [0.2, 0.25) is 0 Å². The van der Waals surface area contributed by atoms with Crippen molar-refractivity contribution in [3.63, 3.8) is 0 Å². The zero-order valence-corrected chi connectivity index (χ0v) is 16.9. The van der Waals surface area contributed by atoms with E-state index in [-0.39, 0.29) is 5.91 Å². The van der Waals surface area contributed by atoms with Crippen LogP contribution < -0.4 is 10.1 Å². The van der Waals surface area contributed by atoms with Crippen LogP contribution in [0, 0.1) is 0 Å². The number of nitrogens with zero attached hydrogens (tertiary/aromatic N) is 1. The summed E-state index contributed by atoms with van der Waals surface area (Å²) in [4.78, 5) is 38.3. The molecule has 0 aromatic heterocycles. The molecule has 7 nitrogen and oxygen atoms in total. The van der Waals surface area contributed by atoms with Crippen LogP contribution in [0.1, 0.15) is 41.5 Å². The van der Waals surface area contributed by atoms with Gasteiger partial charge < -0.3 is 19.7 Å². The summed E-state index contributed by atoms with van der Waals surface area (Å²) < 4.78 is 10.4. The first-order valence-corrected chi connectivity index (χ1v) is 9.57. The van der Waals surface area contributed by atoms with Gasteiger partial charge in [-0.05, 0) is 63.2 Å². The summed E-state index contributed by atoms with van der Waals surface area (Å²) in [5.41, 5.74) is 1.27. The minimum Gasteiger partial charge on any atom is -0.494 e. The molecule has 2 rings (SSSR count). The van der Waals surface area contributed by atoms with Crippen LogP contribution in [0.3, 0.4) is 0 Å². The SMILES string of the molecule is CCOc1ccc(C(=O)OCC(=O)Nc2cccc(C(=O)N(CC)CC)c2)cc1. The van der Waals surface area contributed by atoms with Gasteiger partial charge in [-0.1, -0.05) is 6.07 Å². The second kappa shape index (κ2) is 10.8. The highest BCUT2D eigenvalue weighted by Crippen LogP contribution is 2.14. The van der Waals surface area contributed by atoms with Crippen molar-refractivity contribution in [1.82, 2.24) is 4.90 Å². The first kappa shape index (κ1) is 21.9. The van der Waals surface area contributed by atoms with Crippen LogP contribution in [-0.2, 0) is 9.53 Å². The minimum absolute atomic E-state index is 0.104. The van der Waals surface area contributed by atoms with Gasteiger partial charge in [-0.2, -0.15) is 0 Å². The molecule has 2 aromatic rings. The number of benzene rings is 2. The van der Waals surface area contributed by atoms with Crippen molar-refractivity contribution in [3.05, 3.63) is 59.7 Å². The molecule has 0 aliphatic rings. The number of anilines is 1. The summed E-state index contributed by atoms with van der Waals surface area (Å²) in [5, 5.41) is 2.64. The largest absolute Gasteiger partial charge is 0.494 e. The monoisotopic (exact) mass is 398 g/mol. The van der Waals surface area contributed by atoms with Crippen LogP contribution in [0.2, 0.25) is 0 Å². The van der Waals surface area contributed by atoms with E-state index in [0.717, 1.165) is 0 Å². The lowest BCUT2D eigenvalue weighted by Crippen LogP contribution is -2.30. The maximum absolute atomic E-state index is 12.4. The van der Waals surface area contributed by atoms with Gasteiger partial charge in [0.25, 0.3) is 11.8 Å². The molecule has 2 amide bonds. The third-order valence-corrected chi connectivity index (χ3v) is 4.18. The van der Waals surface area contributed by atoms with E-state index >= 15 is 0 Å². The zero-order chi connectivity index (χ0) is 21.2. The van der Waals surface area contributed by atoms with Crippen molar-refractivity contribution in [2.75, 3.05) is 31.6 Å². The van der Waals surface area contributed by atoms with Crippen molar-refractivity contribution in [1.29, 1.82) is 0 Å². The summed E-state index contributed by atoms with van der Waals surface area (Å²) >= 11 is 0. The molecule has 2 aromatic carbocycles. The second-order valence-corrected chi connectivity index (χ2v) is 6.14. The van der Waals surface area contributed by atoms with Crippen molar-refractivity contribution in [3.8, 4) is 5.75 Å². The van der Waals surface area contributed by atoms with Crippen LogP contribution in [0.4, 0.5) is 5.69 Å². The third kappa shape index (κ3) is 6.34. The van der Waals surface area contributed by atoms with Gasteiger partial charge in [0.1, 0.15) is 5.75 Å². The average molecular weight is 398 g/mol. The van der Waals surface area contributed by atoms with Gasteiger partial charge in [-0.3, -0.25) is 9.59 Å². The van der Waals surface area contributed by atoms with E-state index in [0.29, 0.717) is 42.3 Å². The van der Waals surface area contributed by atoms with E-state index in [9.17, 15) is 14.4 Å². The molecule has 0 aliphatic heterocycles. The summed E-state index contributed by atoms with van der Waals surface area (Å²) in [5.74, 6) is -0.542. The number of hydrogen-bond acceptors (Lipinski definition) is 5. The van der Waals surface area contributed by atoms with Crippen molar-refractivity contribution >= 4 is 23.5 Å². The molecule has 29 heavy (non-hydrogen) atoms. The van der Waals surface area contributed by atoms with E-state index in [2.05, 4.69) is 5.32 Å². The standard InChI is InChI=1S/C22H26N2O5/c1-4-24(5-2)21(26)17-8-7-9-18(14-17)23-20(25)15-29-22(27)16-10-12-19(13-11-16)28-6-3/h7-14H,4-6,15H2,1-3H3,(H,23,25). The van der Waals surface area contributed by atoms with Crippen molar-refractivity contribution in [2.24, 2.45) is 0 Å². The summed E-state index contributed by atoms with van der Waals surface area (Å²) in [6.07, 6.45) is 0. The summed E-state index contributed by atoms with van der Waals surface area (Å²) in [6.45, 7) is 7.00. The number of nitrogens with one attached hydrogen (secondary N) is 1. The quantitative estimate of drug-likeness (QED) is 0.655. The van der Waals surface area contributed by atoms with Gasteiger partial charge in [0.15, 0.2) is 6.61 Å². The fourth-order valence-electron chi connectivity index (χ4n) is 2.69. The molecule has 0 aliphatic carbocycles. The smallest absolute Gasteiger partial charge is 0.338 e. The molecular weight excluding hydrogens is 372 g/mol. The first-order chi connectivity index (χ1) is 14.0. The Morgan fingerprint density at radius 1 is 0.931 bits per heavy atom. The van der Waals surface area contributed by atoms with Crippen LogP contribution >= 0.6 is 0 Å². The second-order valence-electron chi connectivity index (χ2n) is 6.14. The number of carbonyl (C=O) groups excluding carboxylic acids is 3. The van der Waals surface area contributed by atoms with E-state index in [4.69, 9.17) is 9.47 Å². The molecule has 0 heterocycles. The number of rotatable bonds is 9. The highest BCUT2D eigenvalue weighted by molar-refractivity contribution is 5.98. The Morgan fingerprint density at radius 3 is 2.24 bits per heavy atom. The van der Waals surface area contributed by atoms with Crippen LogP contribution in [-0.4, -0.2) is 49.0 Å². The van der Waals surface area contributed by atoms with E-state index in [1.165, 1.54) is 0 Å². The van der Waals surface area contributed by atoms with Gasteiger partial charge in [0.05, 0.1) is 12.2 Å². The highest BCUT2D eigenvalue weighted by Gasteiger charge is 2.14. The molecule has 154 valence electrons. The fraction of sp³-hybridized carbons (Fsp3) is 0.318. The predicted octanol–water partition coefficient (Wildman–Crippen LogP) is 3.36. The van der Waals surface area contributed by atoms with Crippen LogP contribution in [0.15, 0.2) is 48.5 Å². The summed E-state index contributed by atoms with van der Waals surface area (Å²) in [6, 6.07) is 13.1. The van der Waals surface area contributed by atoms with Crippen LogP contribution in [0.25, 0.3) is 0 Å². The van der Waals surface area contributed by atoms with Crippen molar-refractivity contribution < 1.29 is 23.9 Å². The molecule has 0 fully saturated rings. The Balaban J connectivity index is 1.91. The van der Waals surface area contributed by atoms with Gasteiger partial charge in [-0.15, -0.1) is 0 Å². The number of amides is 2. The van der Waals surface area contributed by atoms with E-state index in [1.54, 1.807) is 53.4 Å². The normalized spacial score (nSPS) is 10.2. The molecule has 0 saturated heterocycles. The Morgan fingerprint density at radius 2 is 1.62 bits per heavy atom. The van der Waals surface area contributed by atoms with Gasteiger partial charge in [-0.25, -0.2) is 4.79 Å². The maximum atomic E-state index is 12.4. The summed E-state index contributed by atoms with van der Waals surface area (Å²) in [7, 11) is 0. The molecular formula is C22H26N2O5. The molecule has 0 saturated carbocycles. The molecule has 0 bridgehead atoms. The van der Waals surface area contributed by atoms with Crippen molar-refractivity contribution in [2.45, 2.75) is 20.8 Å². The lowest BCUT2D eigenvalue weighted by atomic mass is 10.1. The average Bonchev–Trinajstić information content (AvgIpc) is 2.74. The zero-order valence-electron chi connectivity index (χ0n) is 16.9. The number of carbonyl (C=O) groups is 3. The Hall–Kier alpha value is -3.35. The third-order valence-electron chi connectivity index (χ3n) is 4.18. The Kier molecular flexibility index (Phi) is 8.21. The number of ether oxygens (including phenoxy) is 2. The molecule has 0 spiro atoms. The van der Waals surface area contributed by atoms with Gasteiger partial charge in [0, 0.05) is 24.3 Å². The molecule has 0 atom stereocenters. The van der Waals surface area contributed by atoms with Gasteiger partial charge >= 0.3 is 5.97 Å².